The van der Waals surface area contributed by atoms with E-state index in [0.717, 1.165) is 11.3 Å². The third kappa shape index (κ3) is 2.12. The van der Waals surface area contributed by atoms with Gasteiger partial charge in [-0.25, -0.2) is 0 Å². The fraction of sp³-hybridized carbons (Fsp3) is 0.364. The topological polar surface area (TPSA) is 78.8 Å². The van der Waals surface area contributed by atoms with Crippen LogP contribution in [0, 0.1) is 6.92 Å². The van der Waals surface area contributed by atoms with E-state index in [2.05, 4.69) is 15.5 Å². The van der Waals surface area contributed by atoms with Gasteiger partial charge >= 0.3 is 0 Å². The molecule has 0 bridgehead atoms. The van der Waals surface area contributed by atoms with Gasteiger partial charge in [0.05, 0.1) is 13.2 Å². The summed E-state index contributed by atoms with van der Waals surface area (Å²) >= 11 is 0. The molecule has 2 rings (SSSR count). The van der Waals surface area contributed by atoms with Crippen LogP contribution < -0.4 is 10.5 Å². The predicted molar refractivity (Wildman–Crippen MR) is 63.0 cm³/mol. The Morgan fingerprint density at radius 1 is 1.41 bits per heavy atom. The normalized spacial score (nSPS) is 12.5. The summed E-state index contributed by atoms with van der Waals surface area (Å²) in [6, 6.07) is 5.58. The molecule has 0 aliphatic carbocycles. The number of aryl methyl sites for hydroxylation is 1. The Balaban J connectivity index is 2.59. The predicted octanol–water partition coefficient (Wildman–Crippen LogP) is 0.999. The largest absolute Gasteiger partial charge is 0.494 e. The van der Waals surface area contributed by atoms with Gasteiger partial charge in [-0.3, -0.25) is 0 Å². The van der Waals surface area contributed by atoms with Crippen LogP contribution in [-0.4, -0.2) is 27.3 Å². The maximum absolute atomic E-state index is 5.82. The van der Waals surface area contributed by atoms with Crippen molar-refractivity contribution >= 4 is 0 Å². The Morgan fingerprint density at radius 3 is 2.82 bits per heavy atom. The van der Waals surface area contributed by atoms with Gasteiger partial charge in [0.1, 0.15) is 11.4 Å². The minimum Gasteiger partial charge on any atom is -0.494 e. The number of benzene rings is 1. The highest BCUT2D eigenvalue weighted by Crippen LogP contribution is 2.24. The smallest absolute Gasteiger partial charge is 0.173 e. The van der Waals surface area contributed by atoms with Gasteiger partial charge in [-0.2, -0.15) is 4.68 Å². The zero-order chi connectivity index (χ0) is 12.4. The molecule has 0 spiro atoms. The first-order valence-electron chi connectivity index (χ1n) is 5.32. The molecular formula is C11H15N5O. The summed E-state index contributed by atoms with van der Waals surface area (Å²) in [5.74, 6) is 1.32. The summed E-state index contributed by atoms with van der Waals surface area (Å²) in [7, 11) is 1.62. The Hall–Kier alpha value is -1.95. The van der Waals surface area contributed by atoms with Gasteiger partial charge < -0.3 is 10.5 Å². The van der Waals surface area contributed by atoms with Gasteiger partial charge in [0.15, 0.2) is 5.82 Å². The number of nitrogens with zero attached hydrogens (tertiary/aromatic N) is 4. The first kappa shape index (κ1) is 11.5. The van der Waals surface area contributed by atoms with Crippen LogP contribution in [-0.2, 0) is 0 Å². The Morgan fingerprint density at radius 2 is 2.18 bits per heavy atom. The van der Waals surface area contributed by atoms with Crippen molar-refractivity contribution in [3.8, 4) is 11.4 Å². The maximum Gasteiger partial charge on any atom is 0.173 e. The second-order valence-electron chi connectivity index (χ2n) is 3.91. The standard InChI is InChI=1S/C11H15N5O/c1-7-4-5-10(17-3)9(6-7)16-11(8(2)12)13-14-15-16/h4-6,8H,12H2,1-3H3. The Bertz CT molecular complexity index is 520. The molecule has 1 atom stereocenters. The molecule has 2 N–H and O–H groups in total. The van der Waals surface area contributed by atoms with Crippen molar-refractivity contribution in [1.82, 2.24) is 20.2 Å². The molecule has 0 saturated heterocycles. The van der Waals surface area contributed by atoms with Crippen LogP contribution in [0.15, 0.2) is 18.2 Å². The fourth-order valence-electron chi connectivity index (χ4n) is 1.62. The number of methoxy groups -OCH3 is 1. The van der Waals surface area contributed by atoms with Crippen LogP contribution in [0.25, 0.3) is 5.69 Å². The number of hydrogen-bond donors (Lipinski definition) is 1. The molecule has 6 nitrogen and oxygen atoms in total. The molecule has 90 valence electrons. The number of nitrogens with two attached hydrogens (primary N) is 1. The first-order valence-corrected chi connectivity index (χ1v) is 5.32. The van der Waals surface area contributed by atoms with E-state index in [9.17, 15) is 0 Å². The summed E-state index contributed by atoms with van der Waals surface area (Å²) in [4.78, 5) is 0. The summed E-state index contributed by atoms with van der Waals surface area (Å²) in [6.07, 6.45) is 0. The SMILES string of the molecule is COc1ccc(C)cc1-n1nnnc1C(C)N. The number of tetrazole rings is 1. The van der Waals surface area contributed by atoms with Crippen molar-refractivity contribution in [2.24, 2.45) is 5.73 Å². The highest BCUT2D eigenvalue weighted by molar-refractivity contribution is 5.48. The van der Waals surface area contributed by atoms with Crippen LogP contribution in [0.5, 0.6) is 5.75 Å². The van der Waals surface area contributed by atoms with Gasteiger partial charge in [0.2, 0.25) is 0 Å². The van der Waals surface area contributed by atoms with Gasteiger partial charge in [-0.15, -0.1) is 5.10 Å². The van der Waals surface area contributed by atoms with Crippen LogP contribution in [0.4, 0.5) is 0 Å². The van der Waals surface area contributed by atoms with Crippen molar-refractivity contribution < 1.29 is 4.74 Å². The Labute approximate surface area is 99.4 Å². The number of rotatable bonds is 3. The summed E-state index contributed by atoms with van der Waals surface area (Å²) in [5, 5.41) is 11.5. The van der Waals surface area contributed by atoms with Crippen molar-refractivity contribution in [2.75, 3.05) is 7.11 Å². The summed E-state index contributed by atoms with van der Waals surface area (Å²) in [5.41, 5.74) is 7.72. The summed E-state index contributed by atoms with van der Waals surface area (Å²) < 4.78 is 6.91. The van der Waals surface area contributed by atoms with E-state index in [0.29, 0.717) is 11.6 Å². The maximum atomic E-state index is 5.82. The van der Waals surface area contributed by atoms with E-state index in [-0.39, 0.29) is 6.04 Å². The minimum absolute atomic E-state index is 0.241. The Kier molecular flexibility index (Phi) is 3.06. The average molecular weight is 233 g/mol. The zero-order valence-electron chi connectivity index (χ0n) is 10.1. The van der Waals surface area contributed by atoms with E-state index in [1.807, 2.05) is 32.0 Å². The molecule has 1 heterocycles. The van der Waals surface area contributed by atoms with Gasteiger partial charge in [-0.1, -0.05) is 6.07 Å². The lowest BCUT2D eigenvalue weighted by Gasteiger charge is -2.11. The molecule has 2 aromatic rings. The lowest BCUT2D eigenvalue weighted by Crippen LogP contribution is -2.14. The van der Waals surface area contributed by atoms with Crippen molar-refractivity contribution in [1.29, 1.82) is 0 Å². The molecule has 0 radical (unpaired) electrons. The van der Waals surface area contributed by atoms with E-state index in [1.165, 1.54) is 0 Å². The van der Waals surface area contributed by atoms with Crippen molar-refractivity contribution in [2.45, 2.75) is 19.9 Å². The minimum atomic E-state index is -0.241. The third-order valence-electron chi connectivity index (χ3n) is 2.46. The zero-order valence-corrected chi connectivity index (χ0v) is 10.1. The lowest BCUT2D eigenvalue weighted by atomic mass is 10.2. The van der Waals surface area contributed by atoms with Crippen LogP contribution in [0.2, 0.25) is 0 Å². The van der Waals surface area contributed by atoms with E-state index >= 15 is 0 Å². The van der Waals surface area contributed by atoms with E-state index in [4.69, 9.17) is 10.5 Å². The van der Waals surface area contributed by atoms with E-state index < -0.39 is 0 Å². The molecular weight excluding hydrogens is 218 g/mol. The van der Waals surface area contributed by atoms with Crippen molar-refractivity contribution in [3.05, 3.63) is 29.6 Å². The highest BCUT2D eigenvalue weighted by Gasteiger charge is 2.15. The van der Waals surface area contributed by atoms with Gasteiger partial charge in [0.25, 0.3) is 0 Å². The lowest BCUT2D eigenvalue weighted by molar-refractivity contribution is 0.410. The molecule has 17 heavy (non-hydrogen) atoms. The first-order chi connectivity index (χ1) is 8.13. The molecule has 0 aliphatic heterocycles. The summed E-state index contributed by atoms with van der Waals surface area (Å²) in [6.45, 7) is 3.84. The fourth-order valence-corrected chi connectivity index (χ4v) is 1.62. The van der Waals surface area contributed by atoms with Crippen molar-refractivity contribution in [3.63, 3.8) is 0 Å². The molecule has 1 aromatic carbocycles. The molecule has 1 unspecified atom stereocenters. The molecule has 0 amide bonds. The molecule has 0 saturated carbocycles. The third-order valence-corrected chi connectivity index (χ3v) is 2.46. The molecule has 1 aromatic heterocycles. The van der Waals surface area contributed by atoms with Gasteiger partial charge in [0, 0.05) is 0 Å². The molecule has 0 fully saturated rings. The van der Waals surface area contributed by atoms with Crippen LogP contribution >= 0.6 is 0 Å². The second-order valence-corrected chi connectivity index (χ2v) is 3.91. The van der Waals surface area contributed by atoms with Crippen LogP contribution in [0.3, 0.4) is 0 Å². The highest BCUT2D eigenvalue weighted by atomic mass is 16.5. The van der Waals surface area contributed by atoms with E-state index in [1.54, 1.807) is 11.8 Å². The van der Waals surface area contributed by atoms with Gasteiger partial charge in [-0.05, 0) is 42.0 Å². The average Bonchev–Trinajstić information content (AvgIpc) is 2.77. The molecule has 6 heteroatoms. The molecule has 0 aliphatic rings. The monoisotopic (exact) mass is 233 g/mol. The van der Waals surface area contributed by atoms with Crippen LogP contribution in [0.1, 0.15) is 24.4 Å². The number of aromatic nitrogens is 4. The number of ether oxygens (including phenoxy) is 1. The number of hydrogen-bond acceptors (Lipinski definition) is 5. The second kappa shape index (κ2) is 4.50. The quantitative estimate of drug-likeness (QED) is 0.855.